The molecule has 0 aliphatic rings. The average molecular weight is 396 g/mol. The minimum Gasteiger partial charge on any atom is -0.385 e. The molecular formula is C22H28N4O3. The molecule has 0 aliphatic carbocycles. The van der Waals surface area contributed by atoms with Crippen molar-refractivity contribution < 1.29 is 9.53 Å². The van der Waals surface area contributed by atoms with Crippen LogP contribution in [0.3, 0.4) is 0 Å². The van der Waals surface area contributed by atoms with Crippen molar-refractivity contribution in [1.29, 1.82) is 0 Å². The molecule has 7 nitrogen and oxygen atoms in total. The number of fused-ring (bicyclic) bond motifs is 1. The lowest BCUT2D eigenvalue weighted by molar-refractivity contribution is -0.124. The smallest absolute Gasteiger partial charge is 0.281 e. The van der Waals surface area contributed by atoms with E-state index in [-0.39, 0.29) is 17.5 Å². The number of hydrogen-bond donors (Lipinski definition) is 1. The van der Waals surface area contributed by atoms with E-state index in [1.807, 2.05) is 55.7 Å². The van der Waals surface area contributed by atoms with Crippen molar-refractivity contribution in [3.63, 3.8) is 0 Å². The van der Waals surface area contributed by atoms with Crippen LogP contribution in [0.15, 0.2) is 41.3 Å². The molecule has 1 atom stereocenters. The number of benzene rings is 1. The van der Waals surface area contributed by atoms with Crippen LogP contribution in [-0.4, -0.2) is 40.5 Å². The molecule has 2 heterocycles. The van der Waals surface area contributed by atoms with Gasteiger partial charge in [-0.3, -0.25) is 9.59 Å². The standard InChI is InChI=1S/C22H28N4O3/c1-5-19(21(27)23-12-9-13-29-4)25-15(2)18-14-24-26(17-10-7-6-8-11-17)22(28)20(18)16(25)3/h6-8,10-11,14,19H,5,9,12-13H2,1-4H3,(H,23,27)/t19-/m0/s1. The van der Waals surface area contributed by atoms with Gasteiger partial charge in [-0.05, 0) is 38.8 Å². The number of nitrogens with one attached hydrogen (secondary N) is 1. The highest BCUT2D eigenvalue weighted by Gasteiger charge is 2.25. The van der Waals surface area contributed by atoms with Gasteiger partial charge >= 0.3 is 0 Å². The van der Waals surface area contributed by atoms with Crippen LogP contribution < -0.4 is 10.9 Å². The normalized spacial score (nSPS) is 12.3. The van der Waals surface area contributed by atoms with Gasteiger partial charge in [0, 0.05) is 37.0 Å². The number of aromatic nitrogens is 3. The Bertz CT molecular complexity index is 1050. The van der Waals surface area contributed by atoms with Gasteiger partial charge in [-0.25, -0.2) is 0 Å². The zero-order chi connectivity index (χ0) is 21.0. The molecular weight excluding hydrogens is 368 g/mol. The van der Waals surface area contributed by atoms with Crippen LogP contribution in [0.4, 0.5) is 0 Å². The molecule has 7 heteroatoms. The van der Waals surface area contributed by atoms with E-state index in [0.717, 1.165) is 23.2 Å². The van der Waals surface area contributed by atoms with Gasteiger partial charge in [-0.15, -0.1) is 0 Å². The Balaban J connectivity index is 2.04. The van der Waals surface area contributed by atoms with Crippen LogP contribution >= 0.6 is 0 Å². The van der Waals surface area contributed by atoms with Gasteiger partial charge in [-0.1, -0.05) is 25.1 Å². The van der Waals surface area contributed by atoms with Crippen molar-refractivity contribution in [2.24, 2.45) is 0 Å². The first-order chi connectivity index (χ1) is 14.0. The fourth-order valence-corrected chi connectivity index (χ4v) is 3.83. The number of aryl methyl sites for hydroxylation is 2. The lowest BCUT2D eigenvalue weighted by Crippen LogP contribution is -2.34. The summed E-state index contributed by atoms with van der Waals surface area (Å²) < 4.78 is 8.41. The zero-order valence-electron chi connectivity index (χ0n) is 17.4. The molecule has 29 heavy (non-hydrogen) atoms. The summed E-state index contributed by atoms with van der Waals surface area (Å²) in [5.74, 6) is -0.0496. The third kappa shape index (κ3) is 3.96. The molecule has 0 saturated carbocycles. The third-order valence-corrected chi connectivity index (χ3v) is 5.28. The lowest BCUT2D eigenvalue weighted by atomic mass is 10.2. The second-order valence-electron chi connectivity index (χ2n) is 7.09. The van der Waals surface area contributed by atoms with Crippen molar-refractivity contribution in [3.05, 3.63) is 58.3 Å². The minimum absolute atomic E-state index is 0.0496. The highest BCUT2D eigenvalue weighted by atomic mass is 16.5. The summed E-state index contributed by atoms with van der Waals surface area (Å²) in [5, 5.41) is 8.73. The molecule has 0 spiro atoms. The summed E-state index contributed by atoms with van der Waals surface area (Å²) in [6, 6.07) is 8.96. The maximum atomic E-state index is 13.2. The summed E-state index contributed by atoms with van der Waals surface area (Å²) in [6.45, 7) is 6.97. The molecule has 0 saturated heterocycles. The fraction of sp³-hybridized carbons (Fsp3) is 0.409. The number of rotatable bonds is 8. The number of ether oxygens (including phenoxy) is 1. The van der Waals surface area contributed by atoms with Crippen molar-refractivity contribution in [2.75, 3.05) is 20.3 Å². The maximum Gasteiger partial charge on any atom is 0.281 e. The first kappa shape index (κ1) is 20.8. The number of para-hydroxylation sites is 1. The Morgan fingerprint density at radius 2 is 1.93 bits per heavy atom. The van der Waals surface area contributed by atoms with Gasteiger partial charge in [0.25, 0.3) is 5.56 Å². The minimum atomic E-state index is -0.380. The summed E-state index contributed by atoms with van der Waals surface area (Å²) >= 11 is 0. The van der Waals surface area contributed by atoms with Crippen LogP contribution in [0, 0.1) is 13.8 Å². The summed E-state index contributed by atoms with van der Waals surface area (Å²) in [5.41, 5.74) is 2.20. The molecule has 1 aromatic carbocycles. The maximum absolute atomic E-state index is 13.2. The topological polar surface area (TPSA) is 78.2 Å². The molecule has 1 N–H and O–H groups in total. The second-order valence-corrected chi connectivity index (χ2v) is 7.09. The summed E-state index contributed by atoms with van der Waals surface area (Å²) in [6.07, 6.45) is 3.10. The van der Waals surface area contributed by atoms with E-state index in [4.69, 9.17) is 4.74 Å². The van der Waals surface area contributed by atoms with Gasteiger partial charge in [0.1, 0.15) is 6.04 Å². The molecule has 0 aliphatic heterocycles. The van der Waals surface area contributed by atoms with Gasteiger partial charge in [-0.2, -0.15) is 9.78 Å². The van der Waals surface area contributed by atoms with Gasteiger partial charge in [0.2, 0.25) is 5.91 Å². The van der Waals surface area contributed by atoms with Crippen LogP contribution in [0.2, 0.25) is 0 Å². The Hall–Kier alpha value is -2.93. The van der Waals surface area contributed by atoms with Gasteiger partial charge in [0.05, 0.1) is 17.3 Å². The Morgan fingerprint density at radius 3 is 2.59 bits per heavy atom. The molecule has 0 unspecified atom stereocenters. The number of carbonyl (C=O) groups excluding carboxylic acids is 1. The van der Waals surface area contributed by atoms with E-state index in [1.54, 1.807) is 13.3 Å². The van der Waals surface area contributed by atoms with E-state index in [0.29, 0.717) is 30.6 Å². The van der Waals surface area contributed by atoms with Crippen molar-refractivity contribution >= 4 is 16.7 Å². The number of methoxy groups -OCH3 is 1. The van der Waals surface area contributed by atoms with E-state index >= 15 is 0 Å². The number of hydrogen-bond acceptors (Lipinski definition) is 4. The number of amides is 1. The summed E-state index contributed by atoms with van der Waals surface area (Å²) in [4.78, 5) is 26.0. The largest absolute Gasteiger partial charge is 0.385 e. The molecule has 0 radical (unpaired) electrons. The molecule has 154 valence electrons. The number of carbonyl (C=O) groups is 1. The molecule has 2 aromatic heterocycles. The predicted octanol–water partition coefficient (Wildman–Crippen LogP) is 2.91. The van der Waals surface area contributed by atoms with Gasteiger partial charge in [0.15, 0.2) is 0 Å². The highest BCUT2D eigenvalue weighted by Crippen LogP contribution is 2.27. The zero-order valence-corrected chi connectivity index (χ0v) is 17.4. The Morgan fingerprint density at radius 1 is 1.21 bits per heavy atom. The van der Waals surface area contributed by atoms with Crippen LogP contribution in [0.25, 0.3) is 16.5 Å². The van der Waals surface area contributed by atoms with E-state index in [2.05, 4.69) is 10.4 Å². The van der Waals surface area contributed by atoms with Crippen LogP contribution in [0.5, 0.6) is 0 Å². The average Bonchev–Trinajstić information content (AvgIpc) is 2.98. The quantitative estimate of drug-likeness (QED) is 0.594. The second kappa shape index (κ2) is 9.05. The fourth-order valence-electron chi connectivity index (χ4n) is 3.83. The van der Waals surface area contributed by atoms with Crippen molar-refractivity contribution in [3.8, 4) is 5.69 Å². The Kier molecular flexibility index (Phi) is 6.49. The molecule has 1 amide bonds. The van der Waals surface area contributed by atoms with Gasteiger partial charge < -0.3 is 14.6 Å². The molecule has 3 aromatic rings. The van der Waals surface area contributed by atoms with E-state index in [9.17, 15) is 9.59 Å². The van der Waals surface area contributed by atoms with E-state index < -0.39 is 0 Å². The lowest BCUT2D eigenvalue weighted by Gasteiger charge is -2.20. The van der Waals surface area contributed by atoms with Crippen LogP contribution in [-0.2, 0) is 9.53 Å². The Labute approximate surface area is 170 Å². The monoisotopic (exact) mass is 396 g/mol. The highest BCUT2D eigenvalue weighted by molar-refractivity contribution is 5.89. The van der Waals surface area contributed by atoms with Crippen LogP contribution in [0.1, 0.15) is 37.2 Å². The summed E-state index contributed by atoms with van der Waals surface area (Å²) in [7, 11) is 1.64. The SMILES string of the molecule is CC[C@@H](C(=O)NCCCOC)n1c(C)c2cnn(-c3ccccc3)c(=O)c2c1C. The van der Waals surface area contributed by atoms with E-state index in [1.165, 1.54) is 4.68 Å². The first-order valence-electron chi connectivity index (χ1n) is 9.92. The molecule has 0 fully saturated rings. The molecule has 3 rings (SSSR count). The third-order valence-electron chi connectivity index (χ3n) is 5.28. The van der Waals surface area contributed by atoms with Crippen molar-refractivity contribution in [2.45, 2.75) is 39.7 Å². The molecule has 0 bridgehead atoms. The first-order valence-corrected chi connectivity index (χ1v) is 9.92. The van der Waals surface area contributed by atoms with Crippen molar-refractivity contribution in [1.82, 2.24) is 19.7 Å². The number of nitrogens with zero attached hydrogens (tertiary/aromatic N) is 3. The predicted molar refractivity (Wildman–Crippen MR) is 114 cm³/mol.